The summed E-state index contributed by atoms with van der Waals surface area (Å²) in [5.74, 6) is 1.69. The Morgan fingerprint density at radius 3 is 2.70 bits per heavy atom. The molecule has 0 spiro atoms. The van der Waals surface area contributed by atoms with Gasteiger partial charge >= 0.3 is 0 Å². The fourth-order valence-electron chi connectivity index (χ4n) is 1.99. The Morgan fingerprint density at radius 1 is 1.45 bits per heavy atom. The molecule has 1 amide bonds. The summed E-state index contributed by atoms with van der Waals surface area (Å²) < 4.78 is 13.4. The number of amides is 1. The molecule has 1 saturated carbocycles. The van der Waals surface area contributed by atoms with Gasteiger partial charge in [0.25, 0.3) is 5.91 Å². The second-order valence-corrected chi connectivity index (χ2v) is 5.69. The fraction of sp³-hybridized carbons (Fsp3) is 0.438. The quantitative estimate of drug-likeness (QED) is 0.829. The van der Waals surface area contributed by atoms with E-state index in [1.165, 1.54) is 18.6 Å². The van der Waals surface area contributed by atoms with Gasteiger partial charge in [-0.25, -0.2) is 4.39 Å². The van der Waals surface area contributed by atoms with Crippen molar-refractivity contribution in [1.29, 1.82) is 0 Å². The molecule has 1 aliphatic rings. The van der Waals surface area contributed by atoms with E-state index in [1.54, 1.807) is 19.9 Å². The Bertz CT molecular complexity index is 556. The predicted octanol–water partition coefficient (Wildman–Crippen LogP) is 2.93. The summed E-state index contributed by atoms with van der Waals surface area (Å²) in [6, 6.07) is 4.56. The van der Waals surface area contributed by atoms with Gasteiger partial charge in [0.2, 0.25) is 0 Å². The van der Waals surface area contributed by atoms with Crippen molar-refractivity contribution in [3.63, 3.8) is 0 Å². The summed E-state index contributed by atoms with van der Waals surface area (Å²) in [6.45, 7) is 3.45. The normalized spacial score (nSPS) is 15.1. The van der Waals surface area contributed by atoms with Crippen LogP contribution in [0.3, 0.4) is 0 Å². The Morgan fingerprint density at radius 2 is 2.15 bits per heavy atom. The molecule has 106 valence electrons. The first-order chi connectivity index (χ1) is 9.41. The maximum atomic E-state index is 13.4. The average Bonchev–Trinajstić information content (AvgIpc) is 2.34. The van der Waals surface area contributed by atoms with Crippen LogP contribution in [0.4, 0.5) is 10.1 Å². The second-order valence-electron chi connectivity index (χ2n) is 5.69. The summed E-state index contributed by atoms with van der Waals surface area (Å²) >= 11 is 0. The highest BCUT2D eigenvalue weighted by Crippen LogP contribution is 2.26. The van der Waals surface area contributed by atoms with E-state index >= 15 is 0 Å². The molecule has 0 bridgehead atoms. The van der Waals surface area contributed by atoms with Crippen molar-refractivity contribution in [2.24, 2.45) is 0 Å². The number of hydrogen-bond acceptors (Lipinski definition) is 2. The minimum absolute atomic E-state index is 0.292. The molecule has 2 N–H and O–H groups in total. The fourth-order valence-corrected chi connectivity index (χ4v) is 1.99. The molecule has 1 fully saturated rings. The van der Waals surface area contributed by atoms with Crippen molar-refractivity contribution >= 4 is 11.6 Å². The molecule has 20 heavy (non-hydrogen) atoms. The third kappa shape index (κ3) is 3.30. The number of hydrogen-bond donors (Lipinski definition) is 2. The maximum Gasteiger partial charge on any atom is 0.254 e. The highest BCUT2D eigenvalue weighted by molar-refractivity contribution is 6.00. The number of anilines is 1. The summed E-state index contributed by atoms with van der Waals surface area (Å²) in [7, 11) is 0. The standard InChI is InChI=1S/C16H19FN2O/c1-4-16(2,3)19-15(20)13-10-11(17)8-9-14(13)18-12-6-5-7-12/h1,8-10,12,18H,5-7H2,2-3H3,(H,19,20). The zero-order valence-corrected chi connectivity index (χ0v) is 11.8. The van der Waals surface area contributed by atoms with Gasteiger partial charge in [0, 0.05) is 11.7 Å². The minimum Gasteiger partial charge on any atom is -0.382 e. The Labute approximate surface area is 119 Å². The van der Waals surface area contributed by atoms with Crippen LogP contribution in [0.25, 0.3) is 0 Å². The van der Waals surface area contributed by atoms with Gasteiger partial charge in [-0.05, 0) is 51.3 Å². The van der Waals surface area contributed by atoms with Gasteiger partial charge in [-0.15, -0.1) is 6.42 Å². The van der Waals surface area contributed by atoms with Gasteiger partial charge in [-0.3, -0.25) is 4.79 Å². The molecule has 0 aliphatic heterocycles. The van der Waals surface area contributed by atoms with E-state index in [0.29, 0.717) is 17.3 Å². The smallest absolute Gasteiger partial charge is 0.254 e. The molecule has 3 nitrogen and oxygen atoms in total. The molecule has 0 atom stereocenters. The highest BCUT2D eigenvalue weighted by Gasteiger charge is 2.23. The van der Waals surface area contributed by atoms with Gasteiger partial charge in [-0.2, -0.15) is 0 Å². The molecule has 0 unspecified atom stereocenters. The molecule has 1 aromatic rings. The molecular weight excluding hydrogens is 255 g/mol. The van der Waals surface area contributed by atoms with Crippen molar-refractivity contribution < 1.29 is 9.18 Å². The van der Waals surface area contributed by atoms with Crippen LogP contribution < -0.4 is 10.6 Å². The second kappa shape index (κ2) is 5.54. The number of carbonyl (C=O) groups is 1. The SMILES string of the molecule is C#CC(C)(C)NC(=O)c1cc(F)ccc1NC1CCC1. The van der Waals surface area contributed by atoms with Crippen molar-refractivity contribution in [3.05, 3.63) is 29.6 Å². The van der Waals surface area contributed by atoms with Gasteiger partial charge in [0.1, 0.15) is 5.82 Å². The molecule has 4 heteroatoms. The van der Waals surface area contributed by atoms with Crippen molar-refractivity contribution in [3.8, 4) is 12.3 Å². The summed E-state index contributed by atoms with van der Waals surface area (Å²) in [4.78, 5) is 12.3. The maximum absolute atomic E-state index is 13.4. The summed E-state index contributed by atoms with van der Waals surface area (Å²) in [6.07, 6.45) is 8.70. The zero-order chi connectivity index (χ0) is 14.8. The number of rotatable bonds is 4. The topological polar surface area (TPSA) is 41.1 Å². The van der Waals surface area contributed by atoms with E-state index in [4.69, 9.17) is 6.42 Å². The lowest BCUT2D eigenvalue weighted by atomic mass is 9.92. The molecule has 0 radical (unpaired) electrons. The van der Waals surface area contributed by atoms with Crippen LogP contribution in [0.2, 0.25) is 0 Å². The number of carbonyl (C=O) groups excluding carboxylic acids is 1. The third-order valence-corrected chi connectivity index (χ3v) is 3.48. The van der Waals surface area contributed by atoms with Crippen LogP contribution in [-0.2, 0) is 0 Å². The monoisotopic (exact) mass is 274 g/mol. The van der Waals surface area contributed by atoms with Crippen LogP contribution in [0.15, 0.2) is 18.2 Å². The van der Waals surface area contributed by atoms with E-state index in [1.807, 2.05) is 0 Å². The molecule has 1 aliphatic carbocycles. The van der Waals surface area contributed by atoms with E-state index in [9.17, 15) is 9.18 Å². The minimum atomic E-state index is -0.767. The summed E-state index contributed by atoms with van der Waals surface area (Å²) in [5.41, 5.74) is 0.179. The number of terminal acetylenes is 1. The van der Waals surface area contributed by atoms with Crippen molar-refractivity contribution in [2.45, 2.75) is 44.7 Å². The first kappa shape index (κ1) is 14.4. The van der Waals surface area contributed by atoms with E-state index < -0.39 is 11.4 Å². The van der Waals surface area contributed by atoms with Gasteiger partial charge in [0.05, 0.1) is 11.1 Å². The van der Waals surface area contributed by atoms with E-state index in [-0.39, 0.29) is 5.91 Å². The molecule has 1 aromatic carbocycles. The first-order valence-electron chi connectivity index (χ1n) is 6.77. The van der Waals surface area contributed by atoms with Crippen molar-refractivity contribution in [1.82, 2.24) is 5.32 Å². The van der Waals surface area contributed by atoms with Crippen molar-refractivity contribution in [2.75, 3.05) is 5.32 Å². The lowest BCUT2D eigenvalue weighted by Crippen LogP contribution is -2.42. The Balaban J connectivity index is 2.22. The van der Waals surface area contributed by atoms with Crippen LogP contribution in [0.1, 0.15) is 43.5 Å². The molecule has 0 aromatic heterocycles. The Hall–Kier alpha value is -2.02. The first-order valence-corrected chi connectivity index (χ1v) is 6.77. The lowest BCUT2D eigenvalue weighted by molar-refractivity contribution is 0.0930. The molecule has 0 heterocycles. The highest BCUT2D eigenvalue weighted by atomic mass is 19.1. The van der Waals surface area contributed by atoms with Crippen LogP contribution in [-0.4, -0.2) is 17.5 Å². The zero-order valence-electron chi connectivity index (χ0n) is 11.8. The number of benzene rings is 1. The Kier molecular flexibility index (Phi) is 3.99. The third-order valence-electron chi connectivity index (χ3n) is 3.48. The van der Waals surface area contributed by atoms with E-state index in [0.717, 1.165) is 12.8 Å². The summed E-state index contributed by atoms with van der Waals surface area (Å²) in [5, 5.41) is 6.00. The predicted molar refractivity (Wildman–Crippen MR) is 78.0 cm³/mol. The van der Waals surface area contributed by atoms with Gasteiger partial charge in [0.15, 0.2) is 0 Å². The largest absolute Gasteiger partial charge is 0.382 e. The van der Waals surface area contributed by atoms with Gasteiger partial charge < -0.3 is 10.6 Å². The average molecular weight is 274 g/mol. The lowest BCUT2D eigenvalue weighted by Gasteiger charge is -2.29. The molecule has 0 saturated heterocycles. The van der Waals surface area contributed by atoms with Crippen LogP contribution >= 0.6 is 0 Å². The number of nitrogens with one attached hydrogen (secondary N) is 2. The van der Waals surface area contributed by atoms with Gasteiger partial charge in [-0.1, -0.05) is 5.92 Å². The molecular formula is C16H19FN2O. The van der Waals surface area contributed by atoms with Crippen LogP contribution in [0.5, 0.6) is 0 Å². The van der Waals surface area contributed by atoms with E-state index in [2.05, 4.69) is 16.6 Å². The van der Waals surface area contributed by atoms with Crippen LogP contribution in [0, 0.1) is 18.2 Å². The molecule has 2 rings (SSSR count). The number of halogens is 1.